The molecule has 108 valence electrons. The van der Waals surface area contributed by atoms with Crippen LogP contribution in [0.25, 0.3) is 0 Å². The van der Waals surface area contributed by atoms with Crippen molar-refractivity contribution in [3.05, 3.63) is 21.9 Å². The lowest BCUT2D eigenvalue weighted by atomic mass is 10.1. The average molecular weight is 292 g/mol. The molecule has 0 radical (unpaired) electrons. The Labute approximate surface area is 123 Å². The molecule has 0 aliphatic carbocycles. The van der Waals surface area contributed by atoms with E-state index in [2.05, 4.69) is 11.8 Å². The summed E-state index contributed by atoms with van der Waals surface area (Å²) in [4.78, 5) is 16.1. The molecule has 0 spiro atoms. The van der Waals surface area contributed by atoms with Gasteiger partial charge >= 0.3 is 0 Å². The molecule has 4 nitrogen and oxygen atoms in total. The second-order valence-electron chi connectivity index (χ2n) is 4.83. The first-order valence-electron chi connectivity index (χ1n) is 6.97. The monoisotopic (exact) mass is 292 g/mol. The number of hydrogen-bond donors (Lipinski definition) is 2. The molecule has 3 N–H and O–H groups in total. The van der Waals surface area contributed by atoms with Crippen LogP contribution in [0, 0.1) is 11.8 Å². The summed E-state index contributed by atoms with van der Waals surface area (Å²) < 4.78 is 0. The van der Waals surface area contributed by atoms with Gasteiger partial charge in [0.05, 0.1) is 16.3 Å². The molecule has 2 heterocycles. The molecule has 0 saturated carbocycles. The van der Waals surface area contributed by atoms with Gasteiger partial charge in [-0.05, 0) is 37.8 Å². The van der Waals surface area contributed by atoms with Gasteiger partial charge in [-0.25, -0.2) is 0 Å². The molecule has 1 unspecified atom stereocenters. The molecule has 1 aromatic rings. The minimum absolute atomic E-state index is 0.0937. The largest absolute Gasteiger partial charge is 0.396 e. The van der Waals surface area contributed by atoms with Gasteiger partial charge in [-0.3, -0.25) is 4.79 Å². The van der Waals surface area contributed by atoms with Gasteiger partial charge in [-0.1, -0.05) is 11.8 Å². The third-order valence-electron chi connectivity index (χ3n) is 3.46. The predicted octanol–water partition coefficient (Wildman–Crippen LogP) is 1.44. The van der Waals surface area contributed by atoms with E-state index in [1.54, 1.807) is 0 Å². The Morgan fingerprint density at radius 3 is 3.15 bits per heavy atom. The van der Waals surface area contributed by atoms with Crippen molar-refractivity contribution >= 4 is 17.2 Å². The number of thiophene rings is 1. The molecule has 1 atom stereocenters. The number of aliphatic hydroxyl groups excluding tert-OH is 1. The highest BCUT2D eigenvalue weighted by Crippen LogP contribution is 2.26. The number of aliphatic hydroxyl groups is 1. The lowest BCUT2D eigenvalue weighted by molar-refractivity contribution is 0.0729. The van der Waals surface area contributed by atoms with Crippen molar-refractivity contribution in [2.24, 2.45) is 5.73 Å². The fraction of sp³-hybridized carbons (Fsp3) is 0.533. The molecule has 5 heteroatoms. The number of likely N-dealkylation sites (tertiary alicyclic amines) is 1. The summed E-state index contributed by atoms with van der Waals surface area (Å²) in [5.41, 5.74) is 5.34. The first-order valence-corrected chi connectivity index (χ1v) is 7.78. The quantitative estimate of drug-likeness (QED) is 0.825. The summed E-state index contributed by atoms with van der Waals surface area (Å²) in [6.07, 6.45) is 3.73. The zero-order valence-corrected chi connectivity index (χ0v) is 12.3. The Hall–Kier alpha value is -1.35. The van der Waals surface area contributed by atoms with Crippen LogP contribution in [0.5, 0.6) is 0 Å². The lowest BCUT2D eigenvalue weighted by Gasteiger charge is -2.23. The van der Waals surface area contributed by atoms with Crippen molar-refractivity contribution in [1.29, 1.82) is 0 Å². The fourth-order valence-corrected chi connectivity index (χ4v) is 3.37. The second kappa shape index (κ2) is 7.44. The summed E-state index contributed by atoms with van der Waals surface area (Å²) in [7, 11) is 0. The minimum atomic E-state index is 0.0937. The van der Waals surface area contributed by atoms with E-state index in [0.29, 0.717) is 6.54 Å². The van der Waals surface area contributed by atoms with Gasteiger partial charge in [0, 0.05) is 19.2 Å². The van der Waals surface area contributed by atoms with Crippen LogP contribution >= 0.6 is 11.3 Å². The SMILES string of the molecule is NCC#Cc1ccc(C(=O)N2CCCC2CCCO)s1. The first-order chi connectivity index (χ1) is 9.76. The molecule has 0 bridgehead atoms. The normalized spacial score (nSPS) is 17.9. The molecule has 2 rings (SSSR count). The van der Waals surface area contributed by atoms with Crippen molar-refractivity contribution in [2.75, 3.05) is 19.7 Å². The summed E-state index contributed by atoms with van der Waals surface area (Å²) in [5.74, 6) is 5.85. The highest BCUT2D eigenvalue weighted by molar-refractivity contribution is 7.14. The Balaban J connectivity index is 2.04. The van der Waals surface area contributed by atoms with E-state index in [0.717, 1.165) is 42.0 Å². The van der Waals surface area contributed by atoms with Gasteiger partial charge in [0.15, 0.2) is 0 Å². The molecule has 1 aromatic heterocycles. The van der Waals surface area contributed by atoms with Crippen molar-refractivity contribution in [2.45, 2.75) is 31.7 Å². The standard InChI is InChI=1S/C15H20N2O2S/c16-9-1-6-13-7-8-14(20-13)15(19)17-10-2-4-12(17)5-3-11-18/h7-8,12,18H,2-5,9-11,16H2. The van der Waals surface area contributed by atoms with Crippen LogP contribution < -0.4 is 5.73 Å². The lowest BCUT2D eigenvalue weighted by Crippen LogP contribution is -2.35. The number of nitrogens with zero attached hydrogens (tertiary/aromatic N) is 1. The summed E-state index contributed by atoms with van der Waals surface area (Å²) in [6.45, 7) is 1.34. The Kier molecular flexibility index (Phi) is 5.60. The highest BCUT2D eigenvalue weighted by atomic mass is 32.1. The number of carbonyl (C=O) groups excluding carboxylic acids is 1. The van der Waals surface area contributed by atoms with Crippen LogP contribution in [0.3, 0.4) is 0 Å². The molecular weight excluding hydrogens is 272 g/mol. The van der Waals surface area contributed by atoms with Gasteiger partial charge in [0.25, 0.3) is 5.91 Å². The average Bonchev–Trinajstić information content (AvgIpc) is 3.11. The number of rotatable bonds is 4. The van der Waals surface area contributed by atoms with Crippen LogP contribution in [0.1, 0.15) is 40.2 Å². The van der Waals surface area contributed by atoms with Crippen LogP contribution in [-0.2, 0) is 0 Å². The predicted molar refractivity (Wildman–Crippen MR) is 80.6 cm³/mol. The maximum atomic E-state index is 12.5. The van der Waals surface area contributed by atoms with E-state index < -0.39 is 0 Å². The maximum Gasteiger partial charge on any atom is 0.264 e. The Morgan fingerprint density at radius 2 is 2.40 bits per heavy atom. The number of nitrogens with two attached hydrogens (primary N) is 1. The van der Waals surface area contributed by atoms with E-state index in [9.17, 15) is 4.79 Å². The van der Waals surface area contributed by atoms with E-state index in [4.69, 9.17) is 10.8 Å². The van der Waals surface area contributed by atoms with Crippen molar-refractivity contribution in [3.63, 3.8) is 0 Å². The molecule has 1 fully saturated rings. The van der Waals surface area contributed by atoms with E-state index in [1.807, 2.05) is 17.0 Å². The fourth-order valence-electron chi connectivity index (χ4n) is 2.53. The number of hydrogen-bond acceptors (Lipinski definition) is 4. The van der Waals surface area contributed by atoms with E-state index in [1.165, 1.54) is 11.3 Å². The van der Waals surface area contributed by atoms with E-state index in [-0.39, 0.29) is 18.6 Å². The third kappa shape index (κ3) is 3.60. The Morgan fingerprint density at radius 1 is 1.55 bits per heavy atom. The van der Waals surface area contributed by atoms with Gasteiger partial charge in [-0.2, -0.15) is 0 Å². The number of amides is 1. The molecular formula is C15H20N2O2S. The zero-order valence-electron chi connectivity index (χ0n) is 11.5. The summed E-state index contributed by atoms with van der Waals surface area (Å²) in [5, 5.41) is 8.93. The smallest absolute Gasteiger partial charge is 0.264 e. The Bertz CT molecular complexity index is 515. The first kappa shape index (κ1) is 15.0. The molecule has 1 saturated heterocycles. The van der Waals surface area contributed by atoms with Crippen LogP contribution in [-0.4, -0.2) is 41.7 Å². The maximum absolute atomic E-state index is 12.5. The topological polar surface area (TPSA) is 66.6 Å². The van der Waals surface area contributed by atoms with Gasteiger partial charge in [0.2, 0.25) is 0 Å². The molecule has 1 aliphatic rings. The molecule has 1 amide bonds. The van der Waals surface area contributed by atoms with E-state index >= 15 is 0 Å². The molecule has 0 aromatic carbocycles. The van der Waals surface area contributed by atoms with Gasteiger partial charge in [-0.15, -0.1) is 11.3 Å². The van der Waals surface area contributed by atoms with Crippen molar-refractivity contribution in [1.82, 2.24) is 4.90 Å². The molecule has 20 heavy (non-hydrogen) atoms. The van der Waals surface area contributed by atoms with Crippen molar-refractivity contribution in [3.8, 4) is 11.8 Å². The highest BCUT2D eigenvalue weighted by Gasteiger charge is 2.29. The minimum Gasteiger partial charge on any atom is -0.396 e. The van der Waals surface area contributed by atoms with Gasteiger partial charge in [0.1, 0.15) is 0 Å². The molecule has 1 aliphatic heterocycles. The van der Waals surface area contributed by atoms with Crippen LogP contribution in [0.2, 0.25) is 0 Å². The number of carbonyl (C=O) groups is 1. The third-order valence-corrected chi connectivity index (χ3v) is 4.45. The van der Waals surface area contributed by atoms with Crippen molar-refractivity contribution < 1.29 is 9.90 Å². The van der Waals surface area contributed by atoms with Gasteiger partial charge < -0.3 is 15.7 Å². The summed E-state index contributed by atoms with van der Waals surface area (Å²) in [6, 6.07) is 3.99. The zero-order chi connectivity index (χ0) is 14.4. The summed E-state index contributed by atoms with van der Waals surface area (Å²) >= 11 is 1.42. The second-order valence-corrected chi connectivity index (χ2v) is 5.91. The van der Waals surface area contributed by atoms with Crippen LogP contribution in [0.15, 0.2) is 12.1 Å². The van der Waals surface area contributed by atoms with Crippen LogP contribution in [0.4, 0.5) is 0 Å².